The Balaban J connectivity index is 1.89. The number of ketones is 1. The molecule has 2 aromatic rings. The van der Waals surface area contributed by atoms with Crippen LogP contribution in [0.3, 0.4) is 0 Å². The lowest BCUT2D eigenvalue weighted by Crippen LogP contribution is -2.32. The molecule has 0 radical (unpaired) electrons. The second kappa shape index (κ2) is 7.74. The number of nitrogens with zero attached hydrogens (tertiary/aromatic N) is 2. The number of aliphatic hydroxyl groups excluding tert-OH is 1. The molecule has 0 unspecified atom stereocenters. The number of hydrogen-bond acceptors (Lipinski definition) is 5. The number of ether oxygens (including phenoxy) is 1. The minimum Gasteiger partial charge on any atom is -0.497 e. The number of carbonyl (C=O) groups is 1. The van der Waals surface area contributed by atoms with Gasteiger partial charge in [0.25, 0.3) is 0 Å². The first kappa shape index (κ1) is 17.5. The number of benzene rings is 1. The van der Waals surface area contributed by atoms with E-state index in [0.29, 0.717) is 5.56 Å². The normalized spacial score (nSPS) is 16.4. The summed E-state index contributed by atoms with van der Waals surface area (Å²) in [5.74, 6) is 1.25. The Kier molecular flexibility index (Phi) is 5.43. The first-order valence-corrected chi connectivity index (χ1v) is 8.76. The number of Topliss-reactive ketones (excluding diaryl/α,β-unsaturated/α-hetero) is 1. The van der Waals surface area contributed by atoms with E-state index in [1.807, 2.05) is 12.1 Å². The predicted octanol–water partition coefficient (Wildman–Crippen LogP) is 3.10. The van der Waals surface area contributed by atoms with Crippen LogP contribution in [-0.2, 0) is 11.8 Å². The summed E-state index contributed by atoms with van der Waals surface area (Å²) in [5.41, 5.74) is 1.63. The molecule has 1 aromatic heterocycles. The van der Waals surface area contributed by atoms with Crippen LogP contribution in [0.4, 0.5) is 0 Å². The summed E-state index contributed by atoms with van der Waals surface area (Å²) in [6.45, 7) is -0.517. The fraction of sp³-hybridized carbons (Fsp3) is 0.450. The quantitative estimate of drug-likeness (QED) is 0.818. The molecule has 3 rings (SSSR count). The lowest BCUT2D eigenvalue weighted by molar-refractivity contribution is 0.0903. The summed E-state index contributed by atoms with van der Waals surface area (Å²) < 4.78 is 5.40. The van der Waals surface area contributed by atoms with Crippen molar-refractivity contribution in [1.29, 1.82) is 0 Å². The number of aliphatic hydroxyl groups is 1. The van der Waals surface area contributed by atoms with E-state index in [-0.39, 0.29) is 11.2 Å². The molecule has 1 heterocycles. The lowest BCUT2D eigenvalue weighted by Gasteiger charge is -2.37. The topological polar surface area (TPSA) is 72.3 Å². The molecular weight excluding hydrogens is 316 g/mol. The van der Waals surface area contributed by atoms with Crippen molar-refractivity contribution in [2.45, 2.75) is 43.9 Å². The number of hydrogen-bond donors (Lipinski definition) is 1. The van der Waals surface area contributed by atoms with Gasteiger partial charge >= 0.3 is 0 Å². The van der Waals surface area contributed by atoms with E-state index in [4.69, 9.17) is 9.84 Å². The highest BCUT2D eigenvalue weighted by Gasteiger charge is 2.35. The van der Waals surface area contributed by atoms with Crippen molar-refractivity contribution in [2.24, 2.45) is 0 Å². The molecule has 0 amide bonds. The van der Waals surface area contributed by atoms with E-state index in [0.717, 1.165) is 30.8 Å². The van der Waals surface area contributed by atoms with E-state index in [1.165, 1.54) is 37.2 Å². The van der Waals surface area contributed by atoms with E-state index in [2.05, 4.69) is 22.1 Å². The summed E-state index contributed by atoms with van der Waals surface area (Å²) in [4.78, 5) is 20.3. The van der Waals surface area contributed by atoms with Crippen LogP contribution in [-0.4, -0.2) is 34.6 Å². The van der Waals surface area contributed by atoms with E-state index >= 15 is 0 Å². The summed E-state index contributed by atoms with van der Waals surface area (Å²) in [6, 6.07) is 8.28. The number of carbonyl (C=O) groups excluding carboxylic acids is 1. The summed E-state index contributed by atoms with van der Waals surface area (Å²) in [5, 5.41) is 8.94. The third-order valence-corrected chi connectivity index (χ3v) is 5.16. The molecule has 132 valence electrons. The maximum Gasteiger partial charge on any atom is 0.191 e. The molecule has 1 N–H and O–H groups in total. The van der Waals surface area contributed by atoms with E-state index < -0.39 is 6.61 Å². The highest BCUT2D eigenvalue weighted by atomic mass is 16.5. The molecule has 25 heavy (non-hydrogen) atoms. The highest BCUT2D eigenvalue weighted by Crippen LogP contribution is 2.42. The zero-order valence-electron chi connectivity index (χ0n) is 14.6. The van der Waals surface area contributed by atoms with Gasteiger partial charge in [-0.2, -0.15) is 0 Å². The van der Waals surface area contributed by atoms with Crippen LogP contribution in [0.5, 0.6) is 5.75 Å². The van der Waals surface area contributed by atoms with Crippen molar-refractivity contribution < 1.29 is 14.6 Å². The van der Waals surface area contributed by atoms with Gasteiger partial charge in [-0.05, 0) is 30.5 Å². The summed E-state index contributed by atoms with van der Waals surface area (Å²) in [7, 11) is 1.69. The predicted molar refractivity (Wildman–Crippen MR) is 94.9 cm³/mol. The Bertz CT molecular complexity index is 722. The number of aromatic nitrogens is 2. The third-order valence-electron chi connectivity index (χ3n) is 5.16. The second-order valence-electron chi connectivity index (χ2n) is 6.72. The summed E-state index contributed by atoms with van der Waals surface area (Å²) >= 11 is 0. The minimum atomic E-state index is -0.517. The molecule has 0 spiro atoms. The first-order valence-electron chi connectivity index (χ1n) is 8.76. The SMILES string of the molecule is COc1cccc(C2(Cc3ncc(C(=O)CO)cn3)CCCCC2)c1. The van der Waals surface area contributed by atoms with Gasteiger partial charge in [0.1, 0.15) is 18.2 Å². The maximum atomic E-state index is 11.5. The third kappa shape index (κ3) is 3.87. The monoisotopic (exact) mass is 340 g/mol. The molecular formula is C20H24N2O3. The molecule has 1 aromatic carbocycles. The van der Waals surface area contributed by atoms with Crippen LogP contribution in [0.1, 0.15) is 53.8 Å². The first-order chi connectivity index (χ1) is 12.2. The molecule has 0 saturated heterocycles. The molecule has 0 aliphatic heterocycles. The van der Waals surface area contributed by atoms with Crippen LogP contribution >= 0.6 is 0 Å². The van der Waals surface area contributed by atoms with Crippen LogP contribution in [0.2, 0.25) is 0 Å². The van der Waals surface area contributed by atoms with Gasteiger partial charge < -0.3 is 9.84 Å². The molecule has 0 bridgehead atoms. The highest BCUT2D eigenvalue weighted by molar-refractivity contribution is 5.96. The zero-order valence-corrected chi connectivity index (χ0v) is 14.6. The van der Waals surface area contributed by atoms with Crippen LogP contribution < -0.4 is 4.74 Å². The van der Waals surface area contributed by atoms with Crippen molar-refractivity contribution in [1.82, 2.24) is 9.97 Å². The average molecular weight is 340 g/mol. The van der Waals surface area contributed by atoms with E-state index in [9.17, 15) is 4.79 Å². The number of methoxy groups -OCH3 is 1. The van der Waals surface area contributed by atoms with Gasteiger partial charge in [0.2, 0.25) is 0 Å². The Morgan fingerprint density at radius 2 is 1.92 bits per heavy atom. The number of rotatable bonds is 6. The minimum absolute atomic E-state index is 0.00922. The summed E-state index contributed by atoms with van der Waals surface area (Å²) in [6.07, 6.45) is 9.62. The fourth-order valence-electron chi connectivity index (χ4n) is 3.73. The van der Waals surface area contributed by atoms with Gasteiger partial charge in [0.15, 0.2) is 5.78 Å². The smallest absolute Gasteiger partial charge is 0.191 e. The Labute approximate surface area is 148 Å². The molecule has 0 atom stereocenters. The van der Waals surface area contributed by atoms with Crippen molar-refractivity contribution in [3.05, 3.63) is 53.6 Å². The van der Waals surface area contributed by atoms with Gasteiger partial charge in [-0.25, -0.2) is 9.97 Å². The molecule has 5 nitrogen and oxygen atoms in total. The van der Waals surface area contributed by atoms with Gasteiger partial charge in [-0.1, -0.05) is 31.4 Å². The molecule has 1 fully saturated rings. The average Bonchev–Trinajstić information content (AvgIpc) is 2.68. The van der Waals surface area contributed by atoms with E-state index in [1.54, 1.807) is 7.11 Å². The lowest BCUT2D eigenvalue weighted by atomic mass is 9.67. The molecule has 1 aliphatic rings. The van der Waals surface area contributed by atoms with Crippen LogP contribution in [0.15, 0.2) is 36.7 Å². The van der Waals surface area contributed by atoms with Gasteiger partial charge in [-0.3, -0.25) is 4.79 Å². The fourth-order valence-corrected chi connectivity index (χ4v) is 3.73. The standard InChI is InChI=1S/C20H24N2O3/c1-25-17-7-5-6-16(10-17)20(8-3-2-4-9-20)11-19-21-12-15(13-22-19)18(24)14-23/h5-7,10,12-13,23H,2-4,8-9,11,14H2,1H3. The van der Waals surface area contributed by atoms with Crippen molar-refractivity contribution >= 4 is 5.78 Å². The second-order valence-corrected chi connectivity index (χ2v) is 6.72. The van der Waals surface area contributed by atoms with Crippen molar-refractivity contribution in [3.63, 3.8) is 0 Å². The molecule has 1 saturated carbocycles. The van der Waals surface area contributed by atoms with Crippen LogP contribution in [0.25, 0.3) is 0 Å². The zero-order chi connectivity index (χ0) is 17.7. The molecule has 5 heteroatoms. The largest absolute Gasteiger partial charge is 0.497 e. The van der Waals surface area contributed by atoms with Gasteiger partial charge in [-0.15, -0.1) is 0 Å². The van der Waals surface area contributed by atoms with Crippen molar-refractivity contribution in [2.75, 3.05) is 13.7 Å². The van der Waals surface area contributed by atoms with Crippen molar-refractivity contribution in [3.8, 4) is 5.75 Å². The Morgan fingerprint density at radius 3 is 2.56 bits per heavy atom. The maximum absolute atomic E-state index is 11.5. The van der Waals surface area contributed by atoms with Gasteiger partial charge in [0, 0.05) is 24.2 Å². The molecule has 1 aliphatic carbocycles. The Morgan fingerprint density at radius 1 is 1.20 bits per heavy atom. The Hall–Kier alpha value is -2.27. The van der Waals surface area contributed by atoms with Gasteiger partial charge in [0.05, 0.1) is 12.7 Å². The van der Waals surface area contributed by atoms with Crippen LogP contribution in [0, 0.1) is 0 Å².